The van der Waals surface area contributed by atoms with Crippen LogP contribution in [-0.4, -0.2) is 56.1 Å². The maximum Gasteiger partial charge on any atom is 0.216 e. The summed E-state index contributed by atoms with van der Waals surface area (Å²) in [5, 5.41) is 18.2. The number of methoxy groups -OCH3 is 1. The first kappa shape index (κ1) is 18.2. The van der Waals surface area contributed by atoms with Crippen molar-refractivity contribution in [1.82, 2.24) is 40.6 Å². The number of guanidine groups is 1. The van der Waals surface area contributed by atoms with Crippen LogP contribution in [0.25, 0.3) is 11.6 Å². The number of rotatable bonds is 6. The van der Waals surface area contributed by atoms with E-state index in [-0.39, 0.29) is 6.04 Å². The Bertz CT molecular complexity index is 928. The molecule has 0 spiro atoms. The molecule has 148 valence electrons. The fraction of sp³-hybridized carbons (Fsp3) is 0.471. The Kier molecular flexibility index (Phi) is 5.33. The van der Waals surface area contributed by atoms with Crippen LogP contribution in [0.1, 0.15) is 23.9 Å². The van der Waals surface area contributed by atoms with E-state index in [1.54, 1.807) is 26.5 Å². The highest BCUT2D eigenvalue weighted by Crippen LogP contribution is 2.15. The Hall–Kier alpha value is -3.21. The molecule has 0 aromatic carbocycles. The maximum atomic E-state index is 5.30. The molecule has 28 heavy (non-hydrogen) atoms. The molecule has 0 aliphatic carbocycles. The lowest BCUT2D eigenvalue weighted by Crippen LogP contribution is -2.46. The van der Waals surface area contributed by atoms with E-state index in [1.165, 1.54) is 0 Å². The van der Waals surface area contributed by atoms with Gasteiger partial charge in [0.2, 0.25) is 5.82 Å². The summed E-state index contributed by atoms with van der Waals surface area (Å²) in [5.41, 5.74) is 0. The van der Waals surface area contributed by atoms with Gasteiger partial charge in [-0.1, -0.05) is 0 Å². The predicted molar refractivity (Wildman–Crippen MR) is 100 cm³/mol. The second-order valence-corrected chi connectivity index (χ2v) is 6.45. The van der Waals surface area contributed by atoms with Crippen molar-refractivity contribution in [2.24, 2.45) is 4.99 Å². The molecule has 11 heteroatoms. The zero-order valence-corrected chi connectivity index (χ0v) is 15.8. The van der Waals surface area contributed by atoms with Crippen LogP contribution in [0.2, 0.25) is 0 Å². The number of nitrogens with one attached hydrogen (secondary N) is 3. The van der Waals surface area contributed by atoms with Crippen molar-refractivity contribution in [3.63, 3.8) is 0 Å². The summed E-state index contributed by atoms with van der Waals surface area (Å²) in [6, 6.07) is 3.84. The molecule has 0 amide bonds. The Balaban J connectivity index is 1.31. The van der Waals surface area contributed by atoms with Crippen molar-refractivity contribution in [2.75, 3.05) is 14.2 Å². The van der Waals surface area contributed by atoms with Crippen molar-refractivity contribution >= 4 is 5.96 Å². The molecule has 0 saturated carbocycles. The summed E-state index contributed by atoms with van der Waals surface area (Å²) in [6.45, 7) is 1.63. The molecule has 3 N–H and O–H groups in total. The lowest BCUT2D eigenvalue weighted by Gasteiger charge is -2.25. The molecule has 3 aromatic heterocycles. The van der Waals surface area contributed by atoms with Gasteiger partial charge in [-0.25, -0.2) is 14.6 Å². The number of aromatic nitrogens is 6. The largest absolute Gasteiger partial charge is 0.461 e. The molecule has 0 saturated heterocycles. The number of ether oxygens (including phenoxy) is 1. The molecular formula is C17H23N9O2. The molecule has 1 unspecified atom stereocenters. The van der Waals surface area contributed by atoms with E-state index < -0.39 is 0 Å². The summed E-state index contributed by atoms with van der Waals surface area (Å²) in [7, 11) is 3.39. The Morgan fingerprint density at radius 1 is 1.46 bits per heavy atom. The van der Waals surface area contributed by atoms with Crippen LogP contribution in [0.3, 0.4) is 0 Å². The van der Waals surface area contributed by atoms with E-state index in [0.717, 1.165) is 31.0 Å². The van der Waals surface area contributed by atoms with Gasteiger partial charge in [0.25, 0.3) is 0 Å². The van der Waals surface area contributed by atoms with Crippen molar-refractivity contribution < 1.29 is 9.15 Å². The molecule has 1 aliphatic rings. The number of hydrogen-bond acceptors (Lipinski definition) is 7. The molecule has 11 nitrogen and oxygen atoms in total. The third kappa shape index (κ3) is 4.03. The second kappa shape index (κ2) is 8.21. The number of fused-ring (bicyclic) bond motifs is 1. The van der Waals surface area contributed by atoms with E-state index in [4.69, 9.17) is 9.15 Å². The standard InChI is InChI=1S/C17H23N9O2/c1-18-17(19-8-13-22-16(24-23-13)12-4-3-7-28-12)20-11-5-6-15-21-14(10-27-2)25-26(15)9-11/h3-4,7,11H,5-6,8-10H2,1-2H3,(H2,18,19,20)(H,22,23,24). The van der Waals surface area contributed by atoms with Gasteiger partial charge in [0.1, 0.15) is 18.3 Å². The lowest BCUT2D eigenvalue weighted by atomic mass is 10.1. The van der Waals surface area contributed by atoms with Crippen molar-refractivity contribution in [3.8, 4) is 11.6 Å². The summed E-state index contributed by atoms with van der Waals surface area (Å²) in [4.78, 5) is 13.2. The quantitative estimate of drug-likeness (QED) is 0.412. The van der Waals surface area contributed by atoms with Crippen molar-refractivity contribution in [2.45, 2.75) is 38.6 Å². The van der Waals surface area contributed by atoms with Gasteiger partial charge in [-0.15, -0.1) is 5.10 Å². The van der Waals surface area contributed by atoms with Gasteiger partial charge in [-0.2, -0.15) is 5.10 Å². The average molecular weight is 385 g/mol. The molecule has 4 heterocycles. The van der Waals surface area contributed by atoms with Crippen molar-refractivity contribution in [1.29, 1.82) is 0 Å². The molecular weight excluding hydrogens is 362 g/mol. The number of furan rings is 1. The zero-order chi connectivity index (χ0) is 19.3. The minimum Gasteiger partial charge on any atom is -0.461 e. The van der Waals surface area contributed by atoms with Crippen LogP contribution in [-0.2, 0) is 30.9 Å². The fourth-order valence-corrected chi connectivity index (χ4v) is 3.11. The van der Waals surface area contributed by atoms with Crippen LogP contribution in [0.5, 0.6) is 0 Å². The zero-order valence-electron chi connectivity index (χ0n) is 15.8. The van der Waals surface area contributed by atoms with E-state index in [2.05, 4.69) is 40.9 Å². The summed E-state index contributed by atoms with van der Waals surface area (Å²) >= 11 is 0. The average Bonchev–Trinajstić information content (AvgIpc) is 3.44. The molecule has 3 aromatic rings. The predicted octanol–water partition coefficient (Wildman–Crippen LogP) is 0.483. The fourth-order valence-electron chi connectivity index (χ4n) is 3.11. The number of H-pyrrole nitrogens is 1. The van der Waals surface area contributed by atoms with E-state index in [1.807, 2.05) is 10.7 Å². The van der Waals surface area contributed by atoms with Crippen LogP contribution < -0.4 is 10.6 Å². The normalized spacial score (nSPS) is 16.8. The van der Waals surface area contributed by atoms with Gasteiger partial charge in [-0.3, -0.25) is 10.1 Å². The third-order valence-corrected chi connectivity index (χ3v) is 4.44. The topological polar surface area (TPSA) is 131 Å². The van der Waals surface area contributed by atoms with Crippen LogP contribution in [0.15, 0.2) is 27.8 Å². The van der Waals surface area contributed by atoms with Crippen molar-refractivity contribution in [3.05, 3.63) is 35.9 Å². The van der Waals surface area contributed by atoms with Gasteiger partial charge < -0.3 is 19.8 Å². The first-order valence-electron chi connectivity index (χ1n) is 9.09. The first-order chi connectivity index (χ1) is 13.7. The Labute approximate surface area is 161 Å². The van der Waals surface area contributed by atoms with Gasteiger partial charge in [-0.05, 0) is 18.6 Å². The van der Waals surface area contributed by atoms with Gasteiger partial charge >= 0.3 is 0 Å². The second-order valence-electron chi connectivity index (χ2n) is 6.45. The number of aromatic amines is 1. The molecule has 4 rings (SSSR count). The minimum atomic E-state index is 0.212. The molecule has 0 fully saturated rings. The van der Waals surface area contributed by atoms with Crippen LogP contribution >= 0.6 is 0 Å². The Morgan fingerprint density at radius 2 is 2.39 bits per heavy atom. The molecule has 0 bridgehead atoms. The SMILES string of the molecule is CN=C(NCc1nc(-c2ccco2)n[nH]1)NC1CCc2nc(COC)nn2C1. The van der Waals surface area contributed by atoms with E-state index in [0.29, 0.717) is 36.5 Å². The smallest absolute Gasteiger partial charge is 0.216 e. The number of nitrogens with zero attached hydrogens (tertiary/aromatic N) is 6. The highest BCUT2D eigenvalue weighted by atomic mass is 16.5. The summed E-state index contributed by atoms with van der Waals surface area (Å²) in [6.07, 6.45) is 3.41. The number of aryl methyl sites for hydroxylation is 1. The summed E-state index contributed by atoms with van der Waals surface area (Å²) < 4.78 is 12.4. The molecule has 1 atom stereocenters. The van der Waals surface area contributed by atoms with E-state index >= 15 is 0 Å². The van der Waals surface area contributed by atoms with E-state index in [9.17, 15) is 0 Å². The monoisotopic (exact) mass is 385 g/mol. The van der Waals surface area contributed by atoms with Crippen LogP contribution in [0.4, 0.5) is 0 Å². The number of hydrogen-bond donors (Lipinski definition) is 3. The van der Waals surface area contributed by atoms with Gasteiger partial charge in [0.15, 0.2) is 17.5 Å². The van der Waals surface area contributed by atoms with Gasteiger partial charge in [0, 0.05) is 26.6 Å². The highest BCUT2D eigenvalue weighted by molar-refractivity contribution is 5.79. The first-order valence-corrected chi connectivity index (χ1v) is 9.09. The molecule has 1 aliphatic heterocycles. The summed E-state index contributed by atoms with van der Waals surface area (Å²) in [5.74, 6) is 4.27. The van der Waals surface area contributed by atoms with Crippen LogP contribution in [0, 0.1) is 0 Å². The molecule has 0 radical (unpaired) electrons. The van der Waals surface area contributed by atoms with Gasteiger partial charge in [0.05, 0.1) is 19.4 Å². The third-order valence-electron chi connectivity index (χ3n) is 4.44. The number of aliphatic imine (C=N–C) groups is 1. The maximum absolute atomic E-state index is 5.30. The highest BCUT2D eigenvalue weighted by Gasteiger charge is 2.22. The Morgan fingerprint density at radius 3 is 3.18 bits per heavy atom. The lowest BCUT2D eigenvalue weighted by molar-refractivity contribution is 0.177. The minimum absolute atomic E-state index is 0.212.